The molecule has 0 heterocycles. The molecule has 0 saturated heterocycles. The minimum atomic E-state index is -1.35. The van der Waals surface area contributed by atoms with Gasteiger partial charge in [-0.2, -0.15) is 0 Å². The molecule has 7 heteroatoms. The Morgan fingerprint density at radius 2 is 1.50 bits per heavy atom. The van der Waals surface area contributed by atoms with Gasteiger partial charge in [0.2, 0.25) is 0 Å². The fraction of sp³-hybridized carbons (Fsp3) is 0.667. The molecule has 0 radical (unpaired) electrons. The summed E-state index contributed by atoms with van der Waals surface area (Å²) in [4.78, 5) is 10.5. The molecule has 0 spiro atoms. The van der Waals surface area contributed by atoms with E-state index in [1.54, 1.807) is 0 Å². The number of ketones is 1. The van der Waals surface area contributed by atoms with Crippen LogP contribution in [0.5, 0.6) is 0 Å². The molecular formula is C3H8O5P2. The fourth-order valence-corrected chi connectivity index (χ4v) is 0.803. The Kier molecular flexibility index (Phi) is 7.20. The number of Topliss-reactive ketones (excluding diaryl/α,β-unsaturated/α-hetero) is 1. The molecule has 60 valence electrons. The highest BCUT2D eigenvalue weighted by molar-refractivity contribution is 7.17. The van der Waals surface area contributed by atoms with Crippen molar-refractivity contribution in [3.8, 4) is 0 Å². The maximum Gasteiger partial charge on any atom is 0.184 e. The second kappa shape index (κ2) is 7.16. The highest BCUT2D eigenvalue weighted by Gasteiger charge is 1.99. The second-order valence-corrected chi connectivity index (χ2v) is 2.40. The maximum atomic E-state index is 10.5. The minimum absolute atomic E-state index is 0.224. The average Bonchev–Trinajstić information content (AvgIpc) is 1.97. The van der Waals surface area contributed by atoms with Crippen molar-refractivity contribution in [1.29, 1.82) is 0 Å². The lowest BCUT2D eigenvalue weighted by atomic mass is 10.5. The lowest BCUT2D eigenvalue weighted by Gasteiger charge is -1.93. The Labute approximate surface area is 60.3 Å². The molecular weight excluding hydrogens is 178 g/mol. The van der Waals surface area contributed by atoms with Gasteiger partial charge in [0.05, 0.1) is 0 Å². The van der Waals surface area contributed by atoms with Crippen molar-refractivity contribution in [2.75, 3.05) is 13.2 Å². The van der Waals surface area contributed by atoms with E-state index in [1.165, 1.54) is 0 Å². The first-order chi connectivity index (χ1) is 4.81. The van der Waals surface area contributed by atoms with Gasteiger partial charge >= 0.3 is 0 Å². The van der Waals surface area contributed by atoms with Crippen LogP contribution in [0.4, 0.5) is 0 Å². The molecule has 0 fully saturated rings. The van der Waals surface area contributed by atoms with Crippen LogP contribution in [-0.2, 0) is 23.0 Å². The van der Waals surface area contributed by atoms with Gasteiger partial charge in [0.15, 0.2) is 23.2 Å². The molecule has 0 saturated carbocycles. The maximum absolute atomic E-state index is 10.5. The number of hydrogen-bond acceptors (Lipinski definition) is 5. The standard InChI is InChI=1S/C3H8O5P2/c4-3(1-7-9-5)2-8-10-6/h1-2,9-10H2. The summed E-state index contributed by atoms with van der Waals surface area (Å²) in [5.74, 6) is -0.355. The largest absolute Gasteiger partial charge is 0.324 e. The Hall–Kier alpha value is 0.0500. The predicted molar refractivity (Wildman–Crippen MR) is 37.7 cm³/mol. The number of rotatable bonds is 6. The van der Waals surface area contributed by atoms with Crippen LogP contribution in [0.25, 0.3) is 0 Å². The molecule has 2 unspecified atom stereocenters. The molecule has 0 aliphatic carbocycles. The van der Waals surface area contributed by atoms with E-state index in [0.717, 1.165) is 0 Å². The van der Waals surface area contributed by atoms with Crippen molar-refractivity contribution in [2.24, 2.45) is 0 Å². The minimum Gasteiger partial charge on any atom is -0.324 e. The quantitative estimate of drug-likeness (QED) is 0.543. The summed E-state index contributed by atoms with van der Waals surface area (Å²) in [6.07, 6.45) is 0. The third-order valence-corrected chi connectivity index (χ3v) is 1.23. The van der Waals surface area contributed by atoms with E-state index >= 15 is 0 Å². The van der Waals surface area contributed by atoms with E-state index in [2.05, 4.69) is 9.05 Å². The zero-order valence-corrected chi connectivity index (χ0v) is 7.42. The van der Waals surface area contributed by atoms with Crippen LogP contribution in [0, 0.1) is 0 Å². The molecule has 0 amide bonds. The number of carbonyl (C=O) groups is 1. The van der Waals surface area contributed by atoms with Crippen LogP contribution in [0.2, 0.25) is 0 Å². The van der Waals surface area contributed by atoms with Gasteiger partial charge in [0, 0.05) is 0 Å². The lowest BCUT2D eigenvalue weighted by molar-refractivity contribution is -0.122. The van der Waals surface area contributed by atoms with Crippen molar-refractivity contribution in [3.63, 3.8) is 0 Å². The monoisotopic (exact) mass is 186 g/mol. The first kappa shape index (κ1) is 10.0. The number of carbonyl (C=O) groups excluding carboxylic acids is 1. The van der Waals surface area contributed by atoms with E-state index in [1.807, 2.05) is 0 Å². The van der Waals surface area contributed by atoms with Crippen LogP contribution in [0.15, 0.2) is 0 Å². The average molecular weight is 186 g/mol. The third kappa shape index (κ3) is 6.17. The van der Waals surface area contributed by atoms with Gasteiger partial charge in [-0.1, -0.05) is 0 Å². The Morgan fingerprint density at radius 3 is 1.80 bits per heavy atom. The second-order valence-electron chi connectivity index (χ2n) is 1.35. The van der Waals surface area contributed by atoms with E-state index in [-0.39, 0.29) is 19.0 Å². The predicted octanol–water partition coefficient (Wildman–Crippen LogP) is -0.0687. The molecule has 0 aromatic carbocycles. The molecule has 0 aliphatic rings. The summed E-state index contributed by atoms with van der Waals surface area (Å²) in [6.45, 7) is -0.448. The van der Waals surface area contributed by atoms with E-state index in [0.29, 0.717) is 0 Å². The van der Waals surface area contributed by atoms with Crippen molar-refractivity contribution in [3.05, 3.63) is 0 Å². The van der Waals surface area contributed by atoms with Crippen LogP contribution < -0.4 is 0 Å². The summed E-state index contributed by atoms with van der Waals surface area (Å²) in [5.41, 5.74) is 0. The Morgan fingerprint density at radius 1 is 1.10 bits per heavy atom. The SMILES string of the molecule is O=[PH2]OCC(=O)CO[PH2]=O. The zero-order chi connectivity index (χ0) is 7.82. The van der Waals surface area contributed by atoms with E-state index in [9.17, 15) is 13.9 Å². The first-order valence-electron chi connectivity index (χ1n) is 2.43. The van der Waals surface area contributed by atoms with Crippen molar-refractivity contribution >= 4 is 23.2 Å². The van der Waals surface area contributed by atoms with Gasteiger partial charge in [0.1, 0.15) is 13.2 Å². The Bertz CT molecular complexity index is 121. The summed E-state index contributed by atoms with van der Waals surface area (Å²) >= 11 is 0. The first-order valence-corrected chi connectivity index (χ1v) is 4.32. The van der Waals surface area contributed by atoms with Gasteiger partial charge in [-0.15, -0.1) is 0 Å². The summed E-state index contributed by atoms with van der Waals surface area (Å²) in [7, 11) is -2.69. The lowest BCUT2D eigenvalue weighted by Crippen LogP contribution is -2.09. The van der Waals surface area contributed by atoms with Gasteiger partial charge < -0.3 is 9.05 Å². The fourth-order valence-electron chi connectivity index (χ4n) is 0.296. The van der Waals surface area contributed by atoms with Crippen molar-refractivity contribution in [2.45, 2.75) is 0 Å². The molecule has 10 heavy (non-hydrogen) atoms. The van der Waals surface area contributed by atoms with E-state index < -0.39 is 17.4 Å². The van der Waals surface area contributed by atoms with Crippen LogP contribution >= 0.6 is 17.4 Å². The summed E-state index contributed by atoms with van der Waals surface area (Å²) in [5, 5.41) is 0. The third-order valence-electron chi connectivity index (χ3n) is 0.625. The summed E-state index contributed by atoms with van der Waals surface area (Å²) < 4.78 is 28.0. The van der Waals surface area contributed by atoms with Gasteiger partial charge in [-0.25, -0.2) is 0 Å². The molecule has 0 rings (SSSR count). The molecule has 0 aliphatic heterocycles. The Balaban J connectivity index is 3.24. The molecule has 0 N–H and O–H groups in total. The topological polar surface area (TPSA) is 69.7 Å². The van der Waals surface area contributed by atoms with Crippen molar-refractivity contribution < 1.29 is 23.0 Å². The zero-order valence-electron chi connectivity index (χ0n) is 5.11. The molecule has 2 atom stereocenters. The van der Waals surface area contributed by atoms with Crippen LogP contribution in [0.3, 0.4) is 0 Å². The molecule has 5 nitrogen and oxygen atoms in total. The normalized spacial score (nSPS) is 12.0. The summed E-state index contributed by atoms with van der Waals surface area (Å²) in [6, 6.07) is 0. The van der Waals surface area contributed by atoms with Crippen molar-refractivity contribution in [1.82, 2.24) is 0 Å². The molecule has 0 aromatic rings. The molecule has 0 aromatic heterocycles. The van der Waals surface area contributed by atoms with Crippen LogP contribution in [-0.4, -0.2) is 19.0 Å². The highest BCUT2D eigenvalue weighted by Crippen LogP contribution is 1.96. The van der Waals surface area contributed by atoms with Crippen LogP contribution in [0.1, 0.15) is 0 Å². The van der Waals surface area contributed by atoms with E-state index in [4.69, 9.17) is 0 Å². The van der Waals surface area contributed by atoms with Gasteiger partial charge in [-0.3, -0.25) is 13.9 Å². The highest BCUT2D eigenvalue weighted by atomic mass is 31.1. The van der Waals surface area contributed by atoms with Gasteiger partial charge in [-0.05, 0) is 0 Å². The molecule has 0 bridgehead atoms. The van der Waals surface area contributed by atoms with Gasteiger partial charge in [0.25, 0.3) is 0 Å². The number of hydrogen-bond donors (Lipinski definition) is 0. The smallest absolute Gasteiger partial charge is 0.184 e.